The summed E-state index contributed by atoms with van der Waals surface area (Å²) in [6.07, 6.45) is 5.33. The van der Waals surface area contributed by atoms with E-state index in [0.29, 0.717) is 0 Å². The molecule has 3 nitrogen and oxygen atoms in total. The summed E-state index contributed by atoms with van der Waals surface area (Å²) in [5.74, 6) is 0. The number of imidazole rings is 1. The van der Waals surface area contributed by atoms with Gasteiger partial charge in [0.2, 0.25) is 0 Å². The van der Waals surface area contributed by atoms with Crippen LogP contribution in [0.5, 0.6) is 0 Å². The van der Waals surface area contributed by atoms with Gasteiger partial charge in [0.15, 0.2) is 0 Å². The summed E-state index contributed by atoms with van der Waals surface area (Å²) < 4.78 is 2.05. The predicted molar refractivity (Wildman–Crippen MR) is 55.5 cm³/mol. The second-order valence-electron chi connectivity index (χ2n) is 3.26. The molecular formula is C10H19N3. The lowest BCUT2D eigenvalue weighted by atomic mass is 10.3. The van der Waals surface area contributed by atoms with Crippen LogP contribution in [0.1, 0.15) is 38.1 Å². The van der Waals surface area contributed by atoms with Crippen molar-refractivity contribution < 1.29 is 0 Å². The van der Waals surface area contributed by atoms with Crippen molar-refractivity contribution in [3.05, 3.63) is 17.7 Å². The number of aryl methyl sites for hydroxylation is 1. The standard InChI is InChI=1S/C10H19N3/c1-4-6-7-12-13-8-11-9(3)10(13)5-2/h8,12H,4-7H2,1-3H3. The number of hydrogen-bond donors (Lipinski definition) is 1. The zero-order valence-corrected chi connectivity index (χ0v) is 8.80. The van der Waals surface area contributed by atoms with Gasteiger partial charge in [0.1, 0.15) is 6.33 Å². The lowest BCUT2D eigenvalue weighted by Crippen LogP contribution is -2.17. The highest BCUT2D eigenvalue weighted by atomic mass is 15.4. The van der Waals surface area contributed by atoms with Crippen molar-refractivity contribution in [3.63, 3.8) is 0 Å². The Bertz CT molecular complexity index is 253. The molecule has 1 aromatic heterocycles. The van der Waals surface area contributed by atoms with Crippen molar-refractivity contribution in [3.8, 4) is 0 Å². The minimum Gasteiger partial charge on any atom is -0.325 e. The van der Waals surface area contributed by atoms with E-state index in [1.54, 1.807) is 0 Å². The van der Waals surface area contributed by atoms with Gasteiger partial charge in [-0.1, -0.05) is 20.3 Å². The molecule has 0 aliphatic rings. The van der Waals surface area contributed by atoms with Crippen LogP contribution >= 0.6 is 0 Å². The maximum atomic E-state index is 4.27. The normalized spacial score (nSPS) is 10.4. The highest BCUT2D eigenvalue weighted by molar-refractivity contribution is 5.12. The third-order valence-corrected chi connectivity index (χ3v) is 2.22. The largest absolute Gasteiger partial charge is 0.325 e. The zero-order chi connectivity index (χ0) is 9.68. The number of unbranched alkanes of at least 4 members (excludes halogenated alkanes) is 1. The van der Waals surface area contributed by atoms with E-state index >= 15 is 0 Å². The van der Waals surface area contributed by atoms with E-state index in [9.17, 15) is 0 Å². The molecule has 74 valence electrons. The molecule has 0 spiro atoms. The van der Waals surface area contributed by atoms with Gasteiger partial charge in [-0.05, 0) is 19.8 Å². The van der Waals surface area contributed by atoms with Crippen LogP contribution in [0.2, 0.25) is 0 Å². The summed E-state index contributed by atoms with van der Waals surface area (Å²) in [5, 5.41) is 0. The number of aromatic nitrogens is 2. The molecule has 0 aromatic carbocycles. The fraction of sp³-hybridized carbons (Fsp3) is 0.700. The summed E-state index contributed by atoms with van der Waals surface area (Å²) in [6.45, 7) is 7.43. The van der Waals surface area contributed by atoms with E-state index in [1.807, 2.05) is 11.0 Å². The highest BCUT2D eigenvalue weighted by Crippen LogP contribution is 2.04. The molecule has 0 fully saturated rings. The molecule has 0 saturated heterocycles. The molecule has 0 bridgehead atoms. The number of nitrogens with one attached hydrogen (secondary N) is 1. The molecule has 0 aliphatic carbocycles. The summed E-state index contributed by atoms with van der Waals surface area (Å²) in [7, 11) is 0. The maximum Gasteiger partial charge on any atom is 0.115 e. The average Bonchev–Trinajstić information content (AvgIpc) is 2.47. The van der Waals surface area contributed by atoms with Crippen LogP contribution in [0.4, 0.5) is 0 Å². The molecule has 1 rings (SSSR count). The molecule has 0 amide bonds. The first kappa shape index (κ1) is 10.1. The van der Waals surface area contributed by atoms with E-state index in [1.165, 1.54) is 18.5 Å². The first-order valence-corrected chi connectivity index (χ1v) is 5.06. The Morgan fingerprint density at radius 3 is 2.85 bits per heavy atom. The Balaban J connectivity index is 2.55. The van der Waals surface area contributed by atoms with E-state index in [2.05, 4.69) is 31.2 Å². The molecule has 3 heteroatoms. The minimum absolute atomic E-state index is 1.03. The van der Waals surface area contributed by atoms with E-state index in [-0.39, 0.29) is 0 Å². The molecule has 1 aromatic rings. The number of rotatable bonds is 5. The molecule has 0 unspecified atom stereocenters. The highest BCUT2D eigenvalue weighted by Gasteiger charge is 2.03. The SMILES string of the molecule is CCCCNn1cnc(C)c1CC. The summed E-state index contributed by atoms with van der Waals surface area (Å²) >= 11 is 0. The van der Waals surface area contributed by atoms with Gasteiger partial charge in [0.25, 0.3) is 0 Å². The van der Waals surface area contributed by atoms with Crippen molar-refractivity contribution in [1.29, 1.82) is 0 Å². The van der Waals surface area contributed by atoms with Crippen LogP contribution in [0.3, 0.4) is 0 Å². The Hall–Kier alpha value is -0.990. The number of hydrogen-bond acceptors (Lipinski definition) is 2. The van der Waals surface area contributed by atoms with Crippen LogP contribution < -0.4 is 5.43 Å². The maximum absolute atomic E-state index is 4.27. The van der Waals surface area contributed by atoms with Crippen molar-refractivity contribution >= 4 is 0 Å². The van der Waals surface area contributed by atoms with Crippen molar-refractivity contribution in [2.75, 3.05) is 12.0 Å². The molecule has 1 N–H and O–H groups in total. The van der Waals surface area contributed by atoms with Crippen molar-refractivity contribution in [1.82, 2.24) is 9.66 Å². The second kappa shape index (κ2) is 4.90. The Kier molecular flexibility index (Phi) is 3.80. The van der Waals surface area contributed by atoms with Gasteiger partial charge in [-0.2, -0.15) is 0 Å². The van der Waals surface area contributed by atoms with Crippen molar-refractivity contribution in [2.45, 2.75) is 40.0 Å². The Morgan fingerprint density at radius 2 is 2.23 bits per heavy atom. The van der Waals surface area contributed by atoms with Gasteiger partial charge < -0.3 is 5.43 Å². The van der Waals surface area contributed by atoms with E-state index in [4.69, 9.17) is 0 Å². The van der Waals surface area contributed by atoms with Gasteiger partial charge in [0.05, 0.1) is 11.4 Å². The predicted octanol–water partition coefficient (Wildman–Crippen LogP) is 2.10. The summed E-state index contributed by atoms with van der Waals surface area (Å²) in [6, 6.07) is 0. The monoisotopic (exact) mass is 181 g/mol. The van der Waals surface area contributed by atoms with Crippen LogP contribution in [0, 0.1) is 6.92 Å². The third kappa shape index (κ3) is 2.47. The van der Waals surface area contributed by atoms with Gasteiger partial charge in [-0.15, -0.1) is 0 Å². The molecule has 1 heterocycles. The van der Waals surface area contributed by atoms with Crippen molar-refractivity contribution in [2.24, 2.45) is 0 Å². The Morgan fingerprint density at radius 1 is 1.46 bits per heavy atom. The number of nitrogens with zero attached hydrogens (tertiary/aromatic N) is 2. The van der Waals surface area contributed by atoms with Crippen LogP contribution in [0.15, 0.2) is 6.33 Å². The molecule has 0 saturated carbocycles. The minimum atomic E-state index is 1.03. The first-order chi connectivity index (χ1) is 6.29. The summed E-state index contributed by atoms with van der Waals surface area (Å²) in [4.78, 5) is 4.27. The second-order valence-corrected chi connectivity index (χ2v) is 3.26. The van der Waals surface area contributed by atoms with Gasteiger partial charge in [0, 0.05) is 6.54 Å². The van der Waals surface area contributed by atoms with E-state index in [0.717, 1.165) is 18.7 Å². The smallest absolute Gasteiger partial charge is 0.115 e. The fourth-order valence-corrected chi connectivity index (χ4v) is 1.40. The molecule has 0 aliphatic heterocycles. The van der Waals surface area contributed by atoms with Crippen LogP contribution in [-0.2, 0) is 6.42 Å². The molecular weight excluding hydrogens is 162 g/mol. The van der Waals surface area contributed by atoms with Gasteiger partial charge in [-0.25, -0.2) is 4.98 Å². The quantitative estimate of drug-likeness (QED) is 0.705. The lowest BCUT2D eigenvalue weighted by molar-refractivity contribution is 0.728. The topological polar surface area (TPSA) is 29.9 Å². The van der Waals surface area contributed by atoms with E-state index < -0.39 is 0 Å². The van der Waals surface area contributed by atoms with Crippen LogP contribution in [0.25, 0.3) is 0 Å². The zero-order valence-electron chi connectivity index (χ0n) is 8.80. The van der Waals surface area contributed by atoms with Gasteiger partial charge >= 0.3 is 0 Å². The van der Waals surface area contributed by atoms with Crippen LogP contribution in [-0.4, -0.2) is 16.2 Å². The average molecular weight is 181 g/mol. The molecule has 0 radical (unpaired) electrons. The first-order valence-electron chi connectivity index (χ1n) is 5.06. The lowest BCUT2D eigenvalue weighted by Gasteiger charge is -2.09. The van der Waals surface area contributed by atoms with Gasteiger partial charge in [-0.3, -0.25) is 4.68 Å². The summed E-state index contributed by atoms with van der Waals surface area (Å²) in [5.41, 5.74) is 5.76. The third-order valence-electron chi connectivity index (χ3n) is 2.22. The molecule has 0 atom stereocenters. The Labute approximate surface area is 80.1 Å². The fourth-order valence-electron chi connectivity index (χ4n) is 1.40. The molecule has 13 heavy (non-hydrogen) atoms.